The lowest BCUT2D eigenvalue weighted by Crippen LogP contribution is -2.29. The van der Waals surface area contributed by atoms with Crippen LogP contribution in [0.25, 0.3) is 11.3 Å². The Morgan fingerprint density at radius 2 is 2.08 bits per heavy atom. The van der Waals surface area contributed by atoms with Gasteiger partial charge in [0.2, 0.25) is 0 Å². The molecule has 2 aromatic rings. The maximum atomic E-state index is 12.2. The maximum Gasteiger partial charge on any atom is 0.343 e. The molecule has 2 rings (SSSR count). The van der Waals surface area contributed by atoms with Crippen molar-refractivity contribution in [2.24, 2.45) is 0 Å². The molecule has 0 radical (unpaired) electrons. The normalized spacial score (nSPS) is 10.0. The molecule has 0 fully saturated rings. The second-order valence-corrected chi connectivity index (χ2v) is 4.59. The van der Waals surface area contributed by atoms with E-state index in [-0.39, 0.29) is 30.1 Å². The van der Waals surface area contributed by atoms with Crippen LogP contribution in [0.5, 0.6) is 0 Å². The fourth-order valence-corrected chi connectivity index (χ4v) is 1.97. The number of carbonyl (C=O) groups excluding carboxylic acids is 1. The Morgan fingerprint density at radius 1 is 1.42 bits per heavy atom. The van der Waals surface area contributed by atoms with Crippen LogP contribution in [0.1, 0.15) is 17.3 Å². The van der Waals surface area contributed by atoms with Crippen LogP contribution in [0.3, 0.4) is 0 Å². The lowest BCUT2D eigenvalue weighted by Gasteiger charge is -2.08. The van der Waals surface area contributed by atoms with Gasteiger partial charge >= 0.3 is 5.97 Å². The average molecular weight is 328 g/mol. The first-order valence-electron chi connectivity index (χ1n) is 6.89. The molecular weight excluding hydrogens is 316 g/mol. The molecule has 0 amide bonds. The third kappa shape index (κ3) is 3.44. The van der Waals surface area contributed by atoms with Crippen LogP contribution < -0.4 is 5.56 Å². The van der Waals surface area contributed by atoms with Crippen molar-refractivity contribution in [3.8, 4) is 17.3 Å². The molecule has 1 heterocycles. The van der Waals surface area contributed by atoms with E-state index in [1.165, 1.54) is 30.3 Å². The van der Waals surface area contributed by atoms with E-state index >= 15 is 0 Å². The monoisotopic (exact) mass is 328 g/mol. The first kappa shape index (κ1) is 16.8. The van der Waals surface area contributed by atoms with Gasteiger partial charge in [0.05, 0.1) is 23.3 Å². The molecule has 9 nitrogen and oxygen atoms in total. The van der Waals surface area contributed by atoms with Gasteiger partial charge in [0.15, 0.2) is 0 Å². The van der Waals surface area contributed by atoms with E-state index in [1.807, 2.05) is 0 Å². The molecule has 122 valence electrons. The number of rotatable bonds is 5. The summed E-state index contributed by atoms with van der Waals surface area (Å²) in [6.45, 7) is 1.35. The minimum atomic E-state index is -0.820. The van der Waals surface area contributed by atoms with Crippen LogP contribution >= 0.6 is 0 Å². The van der Waals surface area contributed by atoms with Gasteiger partial charge in [0.25, 0.3) is 11.2 Å². The van der Waals surface area contributed by atoms with Gasteiger partial charge in [-0.05, 0) is 25.1 Å². The van der Waals surface area contributed by atoms with Gasteiger partial charge in [-0.1, -0.05) is 0 Å². The Balaban J connectivity index is 2.57. The molecule has 1 aromatic carbocycles. The largest absolute Gasteiger partial charge is 0.462 e. The van der Waals surface area contributed by atoms with Gasteiger partial charge < -0.3 is 4.74 Å². The third-order valence-electron chi connectivity index (χ3n) is 3.06. The van der Waals surface area contributed by atoms with Crippen LogP contribution in [0.4, 0.5) is 5.69 Å². The van der Waals surface area contributed by atoms with Crippen LogP contribution in [0, 0.1) is 21.4 Å². The Kier molecular flexibility index (Phi) is 5.01. The summed E-state index contributed by atoms with van der Waals surface area (Å²) in [6, 6.07) is 8.47. The van der Waals surface area contributed by atoms with E-state index in [0.29, 0.717) is 5.56 Å². The average Bonchev–Trinajstić information content (AvgIpc) is 2.57. The number of ether oxygens (including phenoxy) is 1. The van der Waals surface area contributed by atoms with E-state index < -0.39 is 16.5 Å². The summed E-state index contributed by atoms with van der Waals surface area (Å²) < 4.78 is 5.68. The molecule has 9 heteroatoms. The van der Waals surface area contributed by atoms with Crippen molar-refractivity contribution >= 4 is 11.7 Å². The summed E-state index contributed by atoms with van der Waals surface area (Å²) in [7, 11) is 0. The zero-order chi connectivity index (χ0) is 17.7. The molecular formula is C15H12N4O5. The smallest absolute Gasteiger partial charge is 0.343 e. The molecule has 24 heavy (non-hydrogen) atoms. The van der Waals surface area contributed by atoms with E-state index in [4.69, 9.17) is 10.00 Å². The lowest BCUT2D eigenvalue weighted by atomic mass is 10.1. The molecule has 0 aliphatic rings. The number of carbonyl (C=O) groups is 1. The SMILES string of the molecule is CCOC(=O)c1cc(-c2ccc([N+](=O)[O-])cc2)nn(CC#N)c1=O. The topological polar surface area (TPSA) is 128 Å². The summed E-state index contributed by atoms with van der Waals surface area (Å²) >= 11 is 0. The number of benzene rings is 1. The first-order valence-corrected chi connectivity index (χ1v) is 6.89. The molecule has 0 saturated carbocycles. The highest BCUT2D eigenvalue weighted by Crippen LogP contribution is 2.20. The highest BCUT2D eigenvalue weighted by atomic mass is 16.6. The Bertz CT molecular complexity index is 880. The summed E-state index contributed by atoms with van der Waals surface area (Å²) in [5.41, 5.74) is -0.411. The second kappa shape index (κ2) is 7.15. The van der Waals surface area contributed by atoms with E-state index in [2.05, 4.69) is 5.10 Å². The number of hydrogen-bond donors (Lipinski definition) is 0. The van der Waals surface area contributed by atoms with Crippen molar-refractivity contribution in [2.45, 2.75) is 13.5 Å². The highest BCUT2D eigenvalue weighted by Gasteiger charge is 2.17. The predicted molar refractivity (Wildman–Crippen MR) is 82.2 cm³/mol. The summed E-state index contributed by atoms with van der Waals surface area (Å²) in [5.74, 6) is -0.820. The standard InChI is InChI=1S/C15H12N4O5/c1-2-24-15(21)12-9-13(17-18(8-7-16)14(12)20)10-3-5-11(6-4-10)19(22)23/h3-6,9H,2,8H2,1H3. The van der Waals surface area contributed by atoms with Crippen molar-refractivity contribution < 1.29 is 14.5 Å². The van der Waals surface area contributed by atoms with Gasteiger partial charge in [-0.15, -0.1) is 0 Å². The maximum absolute atomic E-state index is 12.2. The number of nitro benzene ring substituents is 1. The number of esters is 1. The summed E-state index contributed by atoms with van der Waals surface area (Å²) in [5, 5.41) is 23.5. The number of nitro groups is 1. The summed E-state index contributed by atoms with van der Waals surface area (Å²) in [4.78, 5) is 34.2. The molecule has 0 aliphatic carbocycles. The van der Waals surface area contributed by atoms with E-state index in [0.717, 1.165) is 4.68 Å². The fraction of sp³-hybridized carbons (Fsp3) is 0.200. The van der Waals surface area contributed by atoms with Gasteiger partial charge in [0, 0.05) is 17.7 Å². The van der Waals surface area contributed by atoms with Gasteiger partial charge in [-0.25, -0.2) is 9.48 Å². The zero-order valence-corrected chi connectivity index (χ0v) is 12.6. The fourth-order valence-electron chi connectivity index (χ4n) is 1.97. The van der Waals surface area contributed by atoms with Crippen LogP contribution in [0.2, 0.25) is 0 Å². The molecule has 0 spiro atoms. The number of aromatic nitrogens is 2. The van der Waals surface area contributed by atoms with Gasteiger partial charge in [0.1, 0.15) is 12.1 Å². The number of nitriles is 1. The van der Waals surface area contributed by atoms with E-state index in [9.17, 15) is 19.7 Å². The molecule has 0 N–H and O–H groups in total. The molecule has 0 unspecified atom stereocenters. The third-order valence-corrected chi connectivity index (χ3v) is 3.06. The Hall–Kier alpha value is -3.54. The van der Waals surface area contributed by atoms with Crippen molar-refractivity contribution in [1.29, 1.82) is 5.26 Å². The summed E-state index contributed by atoms with van der Waals surface area (Å²) in [6.07, 6.45) is 0. The number of hydrogen-bond acceptors (Lipinski definition) is 7. The Labute approximate surface area is 135 Å². The van der Waals surface area contributed by atoms with E-state index in [1.54, 1.807) is 13.0 Å². The predicted octanol–water partition coefficient (Wildman–Crippen LogP) is 1.52. The molecule has 0 bridgehead atoms. The number of nitrogens with zero attached hydrogens (tertiary/aromatic N) is 4. The van der Waals surface area contributed by atoms with Crippen LogP contribution in [0.15, 0.2) is 35.1 Å². The minimum Gasteiger partial charge on any atom is -0.462 e. The second-order valence-electron chi connectivity index (χ2n) is 4.59. The zero-order valence-electron chi connectivity index (χ0n) is 12.6. The van der Waals surface area contributed by atoms with Crippen molar-refractivity contribution in [3.63, 3.8) is 0 Å². The lowest BCUT2D eigenvalue weighted by molar-refractivity contribution is -0.384. The molecule has 0 saturated heterocycles. The molecule has 0 aliphatic heterocycles. The van der Waals surface area contributed by atoms with Crippen molar-refractivity contribution in [2.75, 3.05) is 6.61 Å². The van der Waals surface area contributed by atoms with Gasteiger partial charge in [-0.3, -0.25) is 14.9 Å². The van der Waals surface area contributed by atoms with Gasteiger partial charge in [-0.2, -0.15) is 10.4 Å². The van der Waals surface area contributed by atoms with Crippen LogP contribution in [-0.4, -0.2) is 27.3 Å². The highest BCUT2D eigenvalue weighted by molar-refractivity contribution is 5.90. The van der Waals surface area contributed by atoms with Crippen molar-refractivity contribution in [1.82, 2.24) is 9.78 Å². The molecule has 1 aromatic heterocycles. The van der Waals surface area contributed by atoms with Crippen molar-refractivity contribution in [3.05, 3.63) is 56.4 Å². The van der Waals surface area contributed by atoms with Crippen LogP contribution in [-0.2, 0) is 11.3 Å². The quantitative estimate of drug-likeness (QED) is 0.462. The Morgan fingerprint density at radius 3 is 2.62 bits per heavy atom. The molecule has 0 atom stereocenters. The number of non-ortho nitro benzene ring substituents is 1. The first-order chi connectivity index (χ1) is 11.5. The minimum absolute atomic E-state index is 0.0890.